The molecule has 0 aliphatic carbocycles. The van der Waals surface area contributed by atoms with Gasteiger partial charge in [-0.25, -0.2) is 4.39 Å². The Labute approximate surface area is 157 Å². The highest BCUT2D eigenvalue weighted by Crippen LogP contribution is 2.32. The van der Waals surface area contributed by atoms with Crippen LogP contribution in [-0.2, 0) is 16.6 Å². The summed E-state index contributed by atoms with van der Waals surface area (Å²) in [5, 5.41) is 0.794. The van der Waals surface area contributed by atoms with Gasteiger partial charge in [0.25, 0.3) is 10.0 Å². The number of terminal acetylenes is 1. The summed E-state index contributed by atoms with van der Waals surface area (Å²) in [5.74, 6) is 1.91. The van der Waals surface area contributed by atoms with Gasteiger partial charge in [-0.1, -0.05) is 40.5 Å². The van der Waals surface area contributed by atoms with E-state index in [1.807, 2.05) is 0 Å². The van der Waals surface area contributed by atoms with Crippen LogP contribution in [0.4, 0.5) is 4.39 Å². The third kappa shape index (κ3) is 3.44. The summed E-state index contributed by atoms with van der Waals surface area (Å²) < 4.78 is 44.0. The van der Waals surface area contributed by atoms with Crippen LogP contribution in [0.3, 0.4) is 0 Å². The average molecular weight is 415 g/mol. The summed E-state index contributed by atoms with van der Waals surface area (Å²) in [6.45, 7) is 0.0673. The van der Waals surface area contributed by atoms with Gasteiger partial charge in [-0.3, -0.25) is 0 Å². The van der Waals surface area contributed by atoms with Gasteiger partial charge in [0.05, 0.1) is 31.7 Å². The number of benzene rings is 2. The van der Waals surface area contributed by atoms with Gasteiger partial charge in [0.15, 0.2) is 0 Å². The third-order valence-corrected chi connectivity index (χ3v) is 6.53. The Morgan fingerprint density at radius 2 is 1.80 bits per heavy atom. The van der Waals surface area contributed by atoms with Gasteiger partial charge < -0.3 is 4.57 Å². The first-order valence-electron chi connectivity index (χ1n) is 6.81. The highest BCUT2D eigenvalue weighted by Gasteiger charge is 2.17. The minimum absolute atomic E-state index is 0.0673. The maximum absolute atomic E-state index is 13.0. The molecule has 0 spiro atoms. The molecule has 0 saturated heterocycles. The summed E-state index contributed by atoms with van der Waals surface area (Å²) in [5.41, 5.74) is 0.519. The molecule has 3 aromatic rings. The fourth-order valence-corrected chi connectivity index (χ4v) is 5.03. The molecule has 128 valence electrons. The zero-order valence-electron chi connectivity index (χ0n) is 12.4. The highest BCUT2D eigenvalue weighted by molar-refractivity contribution is 7.90. The number of hydrogen-bond acceptors (Lipinski definition) is 3. The Balaban J connectivity index is 2.31. The second-order valence-electron chi connectivity index (χ2n) is 4.90. The van der Waals surface area contributed by atoms with Crippen LogP contribution in [0.5, 0.6) is 0 Å². The highest BCUT2D eigenvalue weighted by atomic mass is 35.5. The Morgan fingerprint density at radius 1 is 1.16 bits per heavy atom. The van der Waals surface area contributed by atoms with E-state index >= 15 is 0 Å². The van der Waals surface area contributed by atoms with Crippen molar-refractivity contribution in [3.63, 3.8) is 0 Å². The first kappa shape index (κ1) is 18.0. The first-order valence-corrected chi connectivity index (χ1v) is 9.82. The van der Waals surface area contributed by atoms with E-state index in [1.165, 1.54) is 4.57 Å². The molecule has 2 aromatic carbocycles. The predicted molar refractivity (Wildman–Crippen MR) is 97.8 cm³/mol. The standard InChI is InChI=1S/C16H9Cl2FN2O2S2/c1-2-9-21-14-12(17)7-8-13(18)15(14)24-16(21)20-25(22,23)11-5-3-10(19)4-6-11/h1,3-8H,9H2. The van der Waals surface area contributed by atoms with Crippen molar-refractivity contribution in [3.05, 3.63) is 57.1 Å². The van der Waals surface area contributed by atoms with E-state index in [2.05, 4.69) is 10.3 Å². The molecule has 0 radical (unpaired) electrons. The van der Waals surface area contributed by atoms with Crippen molar-refractivity contribution in [2.45, 2.75) is 11.4 Å². The maximum Gasteiger partial charge on any atom is 0.285 e. The molecule has 0 aliphatic rings. The molecule has 0 amide bonds. The van der Waals surface area contributed by atoms with Gasteiger partial charge in [-0.05, 0) is 36.4 Å². The van der Waals surface area contributed by atoms with Crippen molar-refractivity contribution in [2.75, 3.05) is 0 Å². The second-order valence-corrected chi connectivity index (χ2v) is 8.30. The van der Waals surface area contributed by atoms with Crippen molar-refractivity contribution in [2.24, 2.45) is 4.40 Å². The van der Waals surface area contributed by atoms with E-state index in [9.17, 15) is 12.8 Å². The van der Waals surface area contributed by atoms with E-state index in [-0.39, 0.29) is 16.2 Å². The smallest absolute Gasteiger partial charge is 0.285 e. The number of fused-ring (bicyclic) bond motifs is 1. The number of hydrogen-bond donors (Lipinski definition) is 0. The molecular formula is C16H9Cl2FN2O2S2. The third-order valence-electron chi connectivity index (χ3n) is 3.29. The number of nitrogens with zero attached hydrogens (tertiary/aromatic N) is 2. The molecule has 0 N–H and O–H groups in total. The molecule has 0 fully saturated rings. The predicted octanol–water partition coefficient (Wildman–Crippen LogP) is 4.07. The first-order chi connectivity index (χ1) is 11.8. The van der Waals surface area contributed by atoms with Crippen molar-refractivity contribution in [1.82, 2.24) is 4.57 Å². The lowest BCUT2D eigenvalue weighted by molar-refractivity contribution is 0.594. The van der Waals surface area contributed by atoms with E-state index in [4.69, 9.17) is 29.6 Å². The van der Waals surface area contributed by atoms with Gasteiger partial charge >= 0.3 is 0 Å². The molecule has 0 bridgehead atoms. The largest absolute Gasteiger partial charge is 0.303 e. The van der Waals surface area contributed by atoms with Crippen molar-refractivity contribution in [1.29, 1.82) is 0 Å². The van der Waals surface area contributed by atoms with Gasteiger partial charge in [0, 0.05) is 0 Å². The average Bonchev–Trinajstić information content (AvgIpc) is 2.91. The molecule has 4 nitrogen and oxygen atoms in total. The summed E-state index contributed by atoms with van der Waals surface area (Å²) in [6, 6.07) is 7.61. The van der Waals surface area contributed by atoms with Gasteiger partial charge in [-0.15, -0.1) is 10.8 Å². The normalized spacial score (nSPS) is 12.5. The fraction of sp³-hybridized carbons (Fsp3) is 0.0625. The molecular weight excluding hydrogens is 406 g/mol. The number of aromatic nitrogens is 1. The minimum atomic E-state index is -4.05. The zero-order valence-corrected chi connectivity index (χ0v) is 15.6. The fourth-order valence-electron chi connectivity index (χ4n) is 2.18. The lowest BCUT2D eigenvalue weighted by Crippen LogP contribution is -2.16. The van der Waals surface area contributed by atoms with Crippen molar-refractivity contribution >= 4 is 54.8 Å². The van der Waals surface area contributed by atoms with Crippen molar-refractivity contribution in [3.8, 4) is 12.3 Å². The molecule has 0 atom stereocenters. The Bertz CT molecular complexity index is 1170. The number of thiazole rings is 1. The van der Waals surface area contributed by atoms with E-state index in [0.717, 1.165) is 35.6 Å². The molecule has 9 heteroatoms. The van der Waals surface area contributed by atoms with Crippen LogP contribution in [0.1, 0.15) is 0 Å². The molecule has 0 unspecified atom stereocenters. The topological polar surface area (TPSA) is 51.4 Å². The number of sulfonamides is 1. The second kappa shape index (κ2) is 6.81. The molecule has 0 aliphatic heterocycles. The Hall–Kier alpha value is -1.85. The van der Waals surface area contributed by atoms with Crippen LogP contribution in [-0.4, -0.2) is 13.0 Å². The lowest BCUT2D eigenvalue weighted by Gasteiger charge is -2.03. The maximum atomic E-state index is 13.0. The van der Waals surface area contributed by atoms with Gasteiger partial charge in [0.1, 0.15) is 5.82 Å². The van der Waals surface area contributed by atoms with Crippen molar-refractivity contribution < 1.29 is 12.8 Å². The summed E-state index contributed by atoms with van der Waals surface area (Å²) >= 11 is 13.4. The Kier molecular flexibility index (Phi) is 4.89. The molecule has 1 heterocycles. The van der Waals surface area contributed by atoms with E-state index in [1.54, 1.807) is 12.1 Å². The SMILES string of the molecule is C#CCn1c(=NS(=O)(=O)c2ccc(F)cc2)sc2c(Cl)ccc(Cl)c21. The van der Waals surface area contributed by atoms with Crippen LogP contribution in [0, 0.1) is 18.2 Å². The van der Waals surface area contributed by atoms with Gasteiger partial charge in [0.2, 0.25) is 4.80 Å². The van der Waals surface area contributed by atoms with E-state index in [0.29, 0.717) is 20.3 Å². The lowest BCUT2D eigenvalue weighted by atomic mass is 10.3. The zero-order chi connectivity index (χ0) is 18.2. The minimum Gasteiger partial charge on any atom is -0.303 e. The molecule has 25 heavy (non-hydrogen) atoms. The van der Waals surface area contributed by atoms with E-state index < -0.39 is 15.8 Å². The van der Waals surface area contributed by atoms with Crippen LogP contribution in [0.15, 0.2) is 45.7 Å². The summed E-state index contributed by atoms with van der Waals surface area (Å²) in [6.07, 6.45) is 5.38. The van der Waals surface area contributed by atoms with Crippen LogP contribution in [0.2, 0.25) is 10.0 Å². The summed E-state index contributed by atoms with van der Waals surface area (Å²) in [4.78, 5) is 0.00285. The Morgan fingerprint density at radius 3 is 2.44 bits per heavy atom. The van der Waals surface area contributed by atoms with Gasteiger partial charge in [-0.2, -0.15) is 8.42 Å². The van der Waals surface area contributed by atoms with Crippen LogP contribution >= 0.6 is 34.5 Å². The monoisotopic (exact) mass is 414 g/mol. The number of rotatable bonds is 3. The molecule has 0 saturated carbocycles. The quantitative estimate of drug-likeness (QED) is 0.606. The number of halogens is 3. The summed E-state index contributed by atoms with van der Waals surface area (Å²) in [7, 11) is -4.05. The molecule has 3 rings (SSSR count). The van der Waals surface area contributed by atoms with Crippen LogP contribution in [0.25, 0.3) is 10.2 Å². The van der Waals surface area contributed by atoms with Crippen LogP contribution < -0.4 is 4.80 Å². The molecule has 1 aromatic heterocycles.